The van der Waals surface area contributed by atoms with E-state index in [4.69, 9.17) is 11.6 Å². The number of amides is 1. The second-order valence-electron chi connectivity index (χ2n) is 4.26. The van der Waals surface area contributed by atoms with Crippen molar-refractivity contribution in [2.45, 2.75) is 20.4 Å². The minimum Gasteiger partial charge on any atom is -0.347 e. The summed E-state index contributed by atoms with van der Waals surface area (Å²) < 4.78 is 0.838. The van der Waals surface area contributed by atoms with Crippen LogP contribution >= 0.6 is 38.9 Å². The first-order chi connectivity index (χ1) is 8.97. The van der Waals surface area contributed by atoms with Crippen LogP contribution in [0, 0.1) is 13.8 Å². The first-order valence-electron chi connectivity index (χ1n) is 5.76. The van der Waals surface area contributed by atoms with Crippen LogP contribution in [0.4, 0.5) is 0 Å². The van der Waals surface area contributed by atoms with Gasteiger partial charge in [-0.25, -0.2) is 0 Å². The molecule has 0 fully saturated rings. The van der Waals surface area contributed by atoms with E-state index < -0.39 is 0 Å². The summed E-state index contributed by atoms with van der Waals surface area (Å²) in [5, 5.41) is 3.35. The van der Waals surface area contributed by atoms with E-state index in [0.29, 0.717) is 17.1 Å². The molecule has 0 aliphatic carbocycles. The molecule has 19 heavy (non-hydrogen) atoms. The maximum atomic E-state index is 12.1. The summed E-state index contributed by atoms with van der Waals surface area (Å²) in [5.41, 5.74) is 1.75. The van der Waals surface area contributed by atoms with Gasteiger partial charge in [0.25, 0.3) is 5.91 Å². The fourth-order valence-electron chi connectivity index (χ4n) is 1.67. The molecule has 0 saturated heterocycles. The Morgan fingerprint density at radius 1 is 1.37 bits per heavy atom. The van der Waals surface area contributed by atoms with Crippen LogP contribution in [0.25, 0.3) is 0 Å². The lowest BCUT2D eigenvalue weighted by Crippen LogP contribution is -2.22. The molecule has 0 aliphatic rings. The smallest absolute Gasteiger partial charge is 0.253 e. The number of thiophene rings is 1. The van der Waals surface area contributed by atoms with Crippen molar-refractivity contribution in [1.29, 1.82) is 0 Å². The quantitative estimate of drug-likeness (QED) is 0.846. The normalized spacial score (nSPS) is 10.5. The van der Waals surface area contributed by atoms with Gasteiger partial charge in [-0.05, 0) is 43.7 Å². The zero-order chi connectivity index (χ0) is 14.0. The topological polar surface area (TPSA) is 29.1 Å². The molecule has 2 nitrogen and oxygen atoms in total. The first-order valence-corrected chi connectivity index (χ1v) is 7.75. The minimum atomic E-state index is -0.157. The molecule has 2 aromatic rings. The molecule has 1 aromatic heterocycles. The third-order valence-electron chi connectivity index (χ3n) is 2.81. The molecule has 1 N–H and O–H groups in total. The maximum absolute atomic E-state index is 12.1. The van der Waals surface area contributed by atoms with Gasteiger partial charge in [0.2, 0.25) is 0 Å². The summed E-state index contributed by atoms with van der Waals surface area (Å²) in [4.78, 5) is 14.5. The van der Waals surface area contributed by atoms with Crippen LogP contribution in [0.5, 0.6) is 0 Å². The van der Waals surface area contributed by atoms with Gasteiger partial charge in [0, 0.05) is 14.2 Å². The van der Waals surface area contributed by atoms with Gasteiger partial charge in [0.1, 0.15) is 0 Å². The lowest BCUT2D eigenvalue weighted by molar-refractivity contribution is 0.0951. The summed E-state index contributed by atoms with van der Waals surface area (Å²) in [6.07, 6.45) is 0. The van der Waals surface area contributed by atoms with E-state index in [1.54, 1.807) is 23.5 Å². The summed E-state index contributed by atoms with van der Waals surface area (Å²) in [7, 11) is 0. The van der Waals surface area contributed by atoms with Crippen molar-refractivity contribution in [2.75, 3.05) is 0 Å². The predicted octanol–water partition coefficient (Wildman–Crippen LogP) is 4.71. The van der Waals surface area contributed by atoms with Crippen LogP contribution < -0.4 is 5.32 Å². The Morgan fingerprint density at radius 3 is 2.74 bits per heavy atom. The monoisotopic (exact) mass is 357 g/mol. The van der Waals surface area contributed by atoms with E-state index in [-0.39, 0.29) is 5.91 Å². The summed E-state index contributed by atoms with van der Waals surface area (Å²) in [6.45, 7) is 4.68. The Kier molecular flexibility index (Phi) is 4.66. The number of carbonyl (C=O) groups is 1. The van der Waals surface area contributed by atoms with Crippen molar-refractivity contribution in [3.8, 4) is 0 Å². The number of aryl methyl sites for hydroxylation is 2. The number of carbonyl (C=O) groups excluding carboxylic acids is 1. The van der Waals surface area contributed by atoms with Gasteiger partial charge in [0.15, 0.2) is 0 Å². The van der Waals surface area contributed by atoms with Crippen molar-refractivity contribution >= 4 is 44.8 Å². The van der Waals surface area contributed by atoms with E-state index in [2.05, 4.69) is 41.2 Å². The molecule has 0 unspecified atom stereocenters. The Bertz CT molecular complexity index is 604. The summed E-state index contributed by atoms with van der Waals surface area (Å²) in [6, 6.07) is 7.34. The third-order valence-corrected chi connectivity index (χ3v) is 4.79. The Balaban J connectivity index is 2.07. The highest BCUT2D eigenvalue weighted by Gasteiger charge is 2.11. The van der Waals surface area contributed by atoms with Gasteiger partial charge in [-0.3, -0.25) is 4.79 Å². The van der Waals surface area contributed by atoms with E-state index >= 15 is 0 Å². The van der Waals surface area contributed by atoms with Crippen molar-refractivity contribution < 1.29 is 4.79 Å². The Morgan fingerprint density at radius 2 is 2.11 bits per heavy atom. The fourth-order valence-corrected chi connectivity index (χ4v) is 3.23. The molecular weight excluding hydrogens is 346 g/mol. The molecule has 1 heterocycles. The van der Waals surface area contributed by atoms with Gasteiger partial charge in [-0.1, -0.05) is 27.5 Å². The van der Waals surface area contributed by atoms with E-state index in [9.17, 15) is 4.79 Å². The van der Waals surface area contributed by atoms with Crippen LogP contribution in [0.3, 0.4) is 0 Å². The van der Waals surface area contributed by atoms with Crippen LogP contribution in [0.2, 0.25) is 5.02 Å². The second kappa shape index (κ2) is 6.07. The number of rotatable bonds is 3. The lowest BCUT2D eigenvalue weighted by atomic mass is 10.2. The molecule has 0 aliphatic heterocycles. The van der Waals surface area contributed by atoms with Crippen LogP contribution in [-0.2, 0) is 6.54 Å². The highest BCUT2D eigenvalue weighted by Crippen LogP contribution is 2.22. The molecule has 100 valence electrons. The number of hydrogen-bond acceptors (Lipinski definition) is 2. The molecular formula is C14H13BrClNOS. The number of hydrogen-bond donors (Lipinski definition) is 1. The highest BCUT2D eigenvalue weighted by molar-refractivity contribution is 9.10. The molecule has 0 atom stereocenters. The minimum absolute atomic E-state index is 0.157. The number of benzene rings is 1. The van der Waals surface area contributed by atoms with E-state index in [0.717, 1.165) is 9.35 Å². The predicted molar refractivity (Wildman–Crippen MR) is 84.1 cm³/mol. The Labute approximate surface area is 129 Å². The standard InChI is InChI=1S/C14H13BrClNOS/c1-8-5-11(19-9(8)2)7-17-14(18)12-6-10(15)3-4-13(12)16/h3-6H,7H2,1-2H3,(H,17,18). The van der Waals surface area contributed by atoms with Gasteiger partial charge < -0.3 is 5.32 Å². The molecule has 5 heteroatoms. The molecule has 0 radical (unpaired) electrons. The van der Waals surface area contributed by atoms with Gasteiger partial charge in [0.05, 0.1) is 17.1 Å². The van der Waals surface area contributed by atoms with E-state index in [1.807, 2.05) is 6.07 Å². The second-order valence-corrected chi connectivity index (χ2v) is 6.92. The molecule has 2 rings (SSSR count). The summed E-state index contributed by atoms with van der Waals surface area (Å²) in [5.74, 6) is -0.157. The van der Waals surface area contributed by atoms with E-state index in [1.165, 1.54) is 10.4 Å². The average Bonchev–Trinajstić information content (AvgIpc) is 2.69. The molecule has 0 bridgehead atoms. The van der Waals surface area contributed by atoms with Gasteiger partial charge in [-0.15, -0.1) is 11.3 Å². The number of nitrogens with one attached hydrogen (secondary N) is 1. The SMILES string of the molecule is Cc1cc(CNC(=O)c2cc(Br)ccc2Cl)sc1C. The third kappa shape index (κ3) is 3.59. The van der Waals surface area contributed by atoms with Crippen LogP contribution in [0.1, 0.15) is 25.7 Å². The summed E-state index contributed by atoms with van der Waals surface area (Å²) >= 11 is 11.1. The average molecular weight is 359 g/mol. The number of halogens is 2. The maximum Gasteiger partial charge on any atom is 0.253 e. The highest BCUT2D eigenvalue weighted by atomic mass is 79.9. The fraction of sp³-hybridized carbons (Fsp3) is 0.214. The zero-order valence-electron chi connectivity index (χ0n) is 10.6. The van der Waals surface area contributed by atoms with Crippen molar-refractivity contribution in [2.24, 2.45) is 0 Å². The van der Waals surface area contributed by atoms with Crippen molar-refractivity contribution in [3.63, 3.8) is 0 Å². The van der Waals surface area contributed by atoms with Crippen LogP contribution in [-0.4, -0.2) is 5.91 Å². The molecule has 0 saturated carbocycles. The van der Waals surface area contributed by atoms with Crippen molar-refractivity contribution in [1.82, 2.24) is 5.32 Å². The first kappa shape index (κ1) is 14.6. The zero-order valence-corrected chi connectivity index (χ0v) is 13.7. The van der Waals surface area contributed by atoms with Crippen molar-refractivity contribution in [3.05, 3.63) is 54.6 Å². The largest absolute Gasteiger partial charge is 0.347 e. The molecule has 1 amide bonds. The molecule has 1 aromatic carbocycles. The lowest BCUT2D eigenvalue weighted by Gasteiger charge is -2.06. The van der Waals surface area contributed by atoms with Gasteiger partial charge in [-0.2, -0.15) is 0 Å². The molecule has 0 spiro atoms. The van der Waals surface area contributed by atoms with Crippen LogP contribution in [0.15, 0.2) is 28.7 Å². The van der Waals surface area contributed by atoms with Gasteiger partial charge >= 0.3 is 0 Å². The Hall–Kier alpha value is -0.840.